The first-order valence-corrected chi connectivity index (χ1v) is 8.98. The minimum atomic E-state index is -0.817. The van der Waals surface area contributed by atoms with Gasteiger partial charge in [-0.15, -0.1) is 0 Å². The summed E-state index contributed by atoms with van der Waals surface area (Å²) < 4.78 is 0. The molecule has 1 aromatic carbocycles. The molecule has 2 aliphatic rings. The third-order valence-corrected chi connectivity index (χ3v) is 5.27. The molecule has 0 saturated carbocycles. The summed E-state index contributed by atoms with van der Waals surface area (Å²) in [5.74, 6) is -0.166. The number of hydrogen-bond acceptors (Lipinski definition) is 4. The number of likely N-dealkylation sites (N-methyl/N-ethyl adjacent to an activating group) is 1. The lowest BCUT2D eigenvalue weighted by Gasteiger charge is -2.41. The topological polar surface area (TPSA) is 55.9 Å². The van der Waals surface area contributed by atoms with Crippen LogP contribution in [0.5, 0.6) is 0 Å². The number of nitrogens with one attached hydrogen (secondary N) is 1. The summed E-state index contributed by atoms with van der Waals surface area (Å²) in [6.45, 7) is 9.77. The maximum absolute atomic E-state index is 13.0. The molecule has 0 aromatic heterocycles. The smallest absolute Gasteiger partial charge is 0.254 e. The Labute approximate surface area is 149 Å². The van der Waals surface area contributed by atoms with Gasteiger partial charge in [-0.1, -0.05) is 12.1 Å². The molecule has 2 saturated heterocycles. The van der Waals surface area contributed by atoms with Crippen LogP contribution in [0.25, 0.3) is 0 Å². The molecule has 136 valence electrons. The van der Waals surface area contributed by atoms with Gasteiger partial charge < -0.3 is 15.1 Å². The van der Waals surface area contributed by atoms with Gasteiger partial charge in [-0.25, -0.2) is 0 Å². The number of rotatable bonds is 3. The van der Waals surface area contributed by atoms with E-state index >= 15 is 0 Å². The summed E-state index contributed by atoms with van der Waals surface area (Å²) in [5.41, 5.74) is 0.993. The van der Waals surface area contributed by atoms with Crippen molar-refractivity contribution in [2.45, 2.75) is 25.9 Å². The van der Waals surface area contributed by atoms with Crippen molar-refractivity contribution in [2.75, 3.05) is 46.3 Å². The van der Waals surface area contributed by atoms with E-state index in [1.165, 1.54) is 0 Å². The minimum absolute atomic E-state index is 0.0694. The Hall–Kier alpha value is -1.92. The van der Waals surface area contributed by atoms with Crippen molar-refractivity contribution < 1.29 is 9.59 Å². The maximum atomic E-state index is 13.0. The molecule has 2 heterocycles. The van der Waals surface area contributed by atoms with Gasteiger partial charge in [0.15, 0.2) is 0 Å². The zero-order valence-corrected chi connectivity index (χ0v) is 15.4. The fourth-order valence-electron chi connectivity index (χ4n) is 3.48. The molecule has 3 rings (SSSR count). The van der Waals surface area contributed by atoms with Crippen LogP contribution in [0.1, 0.15) is 29.8 Å². The van der Waals surface area contributed by atoms with Gasteiger partial charge in [0.2, 0.25) is 5.91 Å². The van der Waals surface area contributed by atoms with Crippen molar-refractivity contribution in [3.8, 4) is 0 Å². The highest BCUT2D eigenvalue weighted by Crippen LogP contribution is 2.21. The highest BCUT2D eigenvalue weighted by Gasteiger charge is 2.40. The van der Waals surface area contributed by atoms with Crippen LogP contribution in [-0.2, 0) is 11.3 Å². The second-order valence-corrected chi connectivity index (χ2v) is 7.55. The van der Waals surface area contributed by atoms with Crippen LogP contribution >= 0.6 is 0 Å². The van der Waals surface area contributed by atoms with Crippen molar-refractivity contribution in [1.29, 1.82) is 0 Å². The lowest BCUT2D eigenvalue weighted by molar-refractivity contribution is -0.133. The van der Waals surface area contributed by atoms with Gasteiger partial charge in [0.1, 0.15) is 5.54 Å². The number of carbonyl (C=O) groups excluding carboxylic acids is 2. The standard InChI is InChI=1S/C19H28N4O2/c1-19(2)18(25)20-7-8-23(19)17(24)16-6-4-5-15(13-16)14-22-11-9-21(3)10-12-22/h4-6,13H,7-12,14H2,1-3H3,(H,20,25). The van der Waals surface area contributed by atoms with Crippen LogP contribution in [-0.4, -0.2) is 78.4 Å². The monoisotopic (exact) mass is 344 g/mol. The van der Waals surface area contributed by atoms with E-state index in [2.05, 4.69) is 28.2 Å². The average molecular weight is 344 g/mol. The van der Waals surface area contributed by atoms with Crippen LogP contribution in [0.15, 0.2) is 24.3 Å². The zero-order valence-electron chi connectivity index (χ0n) is 15.4. The SMILES string of the molecule is CN1CCN(Cc2cccc(C(=O)N3CCNC(=O)C3(C)C)c2)CC1. The van der Waals surface area contributed by atoms with Gasteiger partial charge in [0.25, 0.3) is 5.91 Å². The van der Waals surface area contributed by atoms with Crippen LogP contribution < -0.4 is 5.32 Å². The molecule has 0 radical (unpaired) electrons. The van der Waals surface area contributed by atoms with Crippen molar-refractivity contribution in [1.82, 2.24) is 20.0 Å². The molecule has 0 aliphatic carbocycles. The van der Waals surface area contributed by atoms with E-state index in [0.29, 0.717) is 18.7 Å². The van der Waals surface area contributed by atoms with E-state index in [0.717, 1.165) is 38.3 Å². The molecule has 1 aromatic rings. The minimum Gasteiger partial charge on any atom is -0.352 e. The first kappa shape index (κ1) is 17.9. The fraction of sp³-hybridized carbons (Fsp3) is 0.579. The maximum Gasteiger partial charge on any atom is 0.254 e. The Morgan fingerprint density at radius 1 is 1.16 bits per heavy atom. The summed E-state index contributed by atoms with van der Waals surface area (Å²) >= 11 is 0. The molecule has 25 heavy (non-hydrogen) atoms. The number of amides is 2. The number of nitrogens with zero attached hydrogens (tertiary/aromatic N) is 3. The molecule has 1 N–H and O–H groups in total. The van der Waals surface area contributed by atoms with Crippen LogP contribution in [0.3, 0.4) is 0 Å². The highest BCUT2D eigenvalue weighted by atomic mass is 16.2. The molecule has 2 aliphatic heterocycles. The van der Waals surface area contributed by atoms with Gasteiger partial charge in [-0.3, -0.25) is 14.5 Å². The normalized spacial score (nSPS) is 21.9. The van der Waals surface area contributed by atoms with Crippen LogP contribution in [0, 0.1) is 0 Å². The van der Waals surface area contributed by atoms with E-state index in [-0.39, 0.29) is 11.8 Å². The van der Waals surface area contributed by atoms with Gasteiger partial charge in [-0.2, -0.15) is 0 Å². The Balaban J connectivity index is 1.72. The largest absolute Gasteiger partial charge is 0.352 e. The van der Waals surface area contributed by atoms with Crippen molar-refractivity contribution >= 4 is 11.8 Å². The molecule has 2 amide bonds. The summed E-state index contributed by atoms with van der Waals surface area (Å²) in [7, 11) is 2.15. The van der Waals surface area contributed by atoms with Crippen molar-refractivity contribution in [3.63, 3.8) is 0 Å². The number of benzene rings is 1. The number of hydrogen-bond donors (Lipinski definition) is 1. The van der Waals surface area contributed by atoms with E-state index in [1.54, 1.807) is 18.7 Å². The molecule has 6 nitrogen and oxygen atoms in total. The second-order valence-electron chi connectivity index (χ2n) is 7.55. The highest BCUT2D eigenvalue weighted by molar-refractivity contribution is 5.99. The number of piperazine rings is 2. The molecule has 0 atom stereocenters. The van der Waals surface area contributed by atoms with E-state index in [1.807, 2.05) is 18.2 Å². The van der Waals surface area contributed by atoms with Gasteiger partial charge in [-0.05, 0) is 38.6 Å². The predicted octanol–water partition coefficient (Wildman–Crippen LogP) is 0.785. The third-order valence-electron chi connectivity index (χ3n) is 5.27. The van der Waals surface area contributed by atoms with Gasteiger partial charge >= 0.3 is 0 Å². The summed E-state index contributed by atoms with van der Waals surface area (Å²) in [6, 6.07) is 7.83. The zero-order chi connectivity index (χ0) is 18.0. The Morgan fingerprint density at radius 2 is 1.88 bits per heavy atom. The molecular formula is C19H28N4O2. The summed E-state index contributed by atoms with van der Waals surface area (Å²) in [6.07, 6.45) is 0. The first-order chi connectivity index (χ1) is 11.9. The summed E-state index contributed by atoms with van der Waals surface area (Å²) in [5, 5.41) is 2.83. The summed E-state index contributed by atoms with van der Waals surface area (Å²) in [4.78, 5) is 31.5. The lowest BCUT2D eigenvalue weighted by Crippen LogP contribution is -2.63. The predicted molar refractivity (Wildman–Crippen MR) is 97.3 cm³/mol. The first-order valence-electron chi connectivity index (χ1n) is 8.98. The third kappa shape index (κ3) is 3.85. The average Bonchev–Trinajstić information content (AvgIpc) is 2.59. The molecule has 2 fully saturated rings. The van der Waals surface area contributed by atoms with Crippen molar-refractivity contribution in [2.24, 2.45) is 0 Å². The molecule has 0 unspecified atom stereocenters. The fourth-order valence-corrected chi connectivity index (χ4v) is 3.48. The van der Waals surface area contributed by atoms with Crippen molar-refractivity contribution in [3.05, 3.63) is 35.4 Å². The Morgan fingerprint density at radius 3 is 2.60 bits per heavy atom. The van der Waals surface area contributed by atoms with Gasteiger partial charge in [0.05, 0.1) is 0 Å². The molecule has 0 bridgehead atoms. The van der Waals surface area contributed by atoms with Crippen LogP contribution in [0.4, 0.5) is 0 Å². The molecule has 0 spiro atoms. The van der Waals surface area contributed by atoms with Crippen LogP contribution in [0.2, 0.25) is 0 Å². The van der Waals surface area contributed by atoms with E-state index in [9.17, 15) is 9.59 Å². The molecular weight excluding hydrogens is 316 g/mol. The van der Waals surface area contributed by atoms with E-state index in [4.69, 9.17) is 0 Å². The quantitative estimate of drug-likeness (QED) is 0.881. The Bertz CT molecular complexity index is 651. The number of carbonyl (C=O) groups is 2. The van der Waals surface area contributed by atoms with Gasteiger partial charge in [0, 0.05) is 51.4 Å². The second kappa shape index (κ2) is 7.14. The van der Waals surface area contributed by atoms with E-state index < -0.39 is 5.54 Å². The molecule has 6 heteroatoms. The lowest BCUT2D eigenvalue weighted by atomic mass is 9.97. The Kier molecular flexibility index (Phi) is 5.11.